The molecular weight excluding hydrogens is 476 g/mol. The van der Waals surface area contributed by atoms with Crippen LogP contribution in [0.5, 0.6) is 0 Å². The van der Waals surface area contributed by atoms with Crippen molar-refractivity contribution < 1.29 is 26.8 Å². The number of hydrogen-bond acceptors (Lipinski definition) is 5. The fraction of sp³-hybridized carbons (Fsp3) is 0.261. The average molecular weight is 495 g/mol. The van der Waals surface area contributed by atoms with Gasteiger partial charge in [0.25, 0.3) is 0 Å². The number of halogens is 5. The molecule has 0 saturated carbocycles. The molecule has 2 aromatic carbocycles. The summed E-state index contributed by atoms with van der Waals surface area (Å²) in [5, 5.41) is 6.77. The molecule has 1 aliphatic rings. The number of alkyl halides is 3. The maximum absolute atomic E-state index is 14.5. The molecule has 0 fully saturated rings. The second-order valence-electron chi connectivity index (χ2n) is 7.90. The van der Waals surface area contributed by atoms with E-state index in [1.54, 1.807) is 25.1 Å². The molecule has 0 atom stereocenters. The fourth-order valence-corrected chi connectivity index (χ4v) is 4.12. The third-order valence-corrected chi connectivity index (χ3v) is 5.63. The highest BCUT2D eigenvalue weighted by molar-refractivity contribution is 5.98. The van der Waals surface area contributed by atoms with Crippen LogP contribution in [0.2, 0.25) is 0 Å². The van der Waals surface area contributed by atoms with E-state index in [1.807, 2.05) is 0 Å². The van der Waals surface area contributed by atoms with Gasteiger partial charge in [-0.2, -0.15) is 18.3 Å². The standard InChI is InChI=1S/C23H18F4N4O2.ClH/c1-12-29-18-10-17(24)14(9-21(18)33-12)8-20(32)13-3-2-4-15(7-13)31-19-5-6-28-11-16(19)22(30-31)23(25,26)27;/h2-4,7,9-10,28H,5-6,8,11H2,1H3;1H. The van der Waals surface area contributed by atoms with Gasteiger partial charge >= 0.3 is 6.18 Å². The van der Waals surface area contributed by atoms with Crippen molar-refractivity contribution in [2.24, 2.45) is 0 Å². The van der Waals surface area contributed by atoms with Crippen LogP contribution in [-0.4, -0.2) is 27.1 Å². The molecule has 0 amide bonds. The van der Waals surface area contributed by atoms with Crippen molar-refractivity contribution in [3.63, 3.8) is 0 Å². The van der Waals surface area contributed by atoms with Crippen molar-refractivity contribution in [3.05, 3.63) is 76.2 Å². The second-order valence-corrected chi connectivity index (χ2v) is 7.90. The molecule has 0 saturated heterocycles. The van der Waals surface area contributed by atoms with Crippen LogP contribution in [0.3, 0.4) is 0 Å². The maximum Gasteiger partial charge on any atom is 0.435 e. The average Bonchev–Trinajstić information content (AvgIpc) is 3.33. The molecule has 0 bridgehead atoms. The number of nitrogens with zero attached hydrogens (tertiary/aromatic N) is 3. The summed E-state index contributed by atoms with van der Waals surface area (Å²) < 4.78 is 61.7. The second kappa shape index (κ2) is 8.84. The molecule has 1 N–H and O–H groups in total. The number of carbonyl (C=O) groups excluding carboxylic acids is 1. The first-order chi connectivity index (χ1) is 15.7. The summed E-state index contributed by atoms with van der Waals surface area (Å²) in [6.07, 6.45) is -4.45. The lowest BCUT2D eigenvalue weighted by Crippen LogP contribution is -2.25. The predicted octanol–water partition coefficient (Wildman–Crippen LogP) is 4.97. The fourth-order valence-electron chi connectivity index (χ4n) is 4.12. The molecule has 2 aromatic heterocycles. The Labute approximate surface area is 197 Å². The summed E-state index contributed by atoms with van der Waals surface area (Å²) >= 11 is 0. The molecule has 4 aromatic rings. The summed E-state index contributed by atoms with van der Waals surface area (Å²) in [6, 6.07) is 8.85. The molecule has 3 heterocycles. The zero-order valence-corrected chi connectivity index (χ0v) is 18.7. The van der Waals surface area contributed by atoms with Crippen molar-refractivity contribution in [1.29, 1.82) is 0 Å². The summed E-state index contributed by atoms with van der Waals surface area (Å²) in [5.74, 6) is -0.578. The first kappa shape index (κ1) is 23.9. The van der Waals surface area contributed by atoms with Crippen molar-refractivity contribution in [1.82, 2.24) is 20.1 Å². The van der Waals surface area contributed by atoms with Gasteiger partial charge in [-0.1, -0.05) is 12.1 Å². The number of ketones is 1. The molecule has 0 unspecified atom stereocenters. The number of rotatable bonds is 4. The normalized spacial score (nSPS) is 13.6. The summed E-state index contributed by atoms with van der Waals surface area (Å²) in [7, 11) is 0. The summed E-state index contributed by atoms with van der Waals surface area (Å²) in [6.45, 7) is 2.24. The molecule has 6 nitrogen and oxygen atoms in total. The first-order valence-electron chi connectivity index (χ1n) is 10.3. The minimum Gasteiger partial charge on any atom is -0.441 e. The van der Waals surface area contributed by atoms with Gasteiger partial charge in [0.05, 0.1) is 11.4 Å². The van der Waals surface area contributed by atoms with Crippen molar-refractivity contribution in [2.45, 2.75) is 32.5 Å². The van der Waals surface area contributed by atoms with Crippen LogP contribution in [0.1, 0.15) is 38.8 Å². The number of carbonyl (C=O) groups is 1. The van der Waals surface area contributed by atoms with E-state index >= 15 is 0 Å². The number of aromatic nitrogens is 3. The Morgan fingerprint density at radius 1 is 1.24 bits per heavy atom. The number of aryl methyl sites for hydroxylation is 1. The van der Waals surface area contributed by atoms with E-state index in [-0.39, 0.29) is 47.8 Å². The minimum atomic E-state index is -4.59. The van der Waals surface area contributed by atoms with Crippen LogP contribution in [0.4, 0.5) is 17.6 Å². The van der Waals surface area contributed by atoms with Crippen LogP contribution in [0.25, 0.3) is 16.8 Å². The van der Waals surface area contributed by atoms with Gasteiger partial charge in [-0.25, -0.2) is 14.1 Å². The zero-order valence-electron chi connectivity index (χ0n) is 17.9. The maximum atomic E-state index is 14.5. The number of oxazole rings is 1. The molecule has 0 spiro atoms. The van der Waals surface area contributed by atoms with Gasteiger partial charge < -0.3 is 9.73 Å². The molecule has 1 aliphatic heterocycles. The van der Waals surface area contributed by atoms with Crippen LogP contribution in [0, 0.1) is 12.7 Å². The molecule has 0 aliphatic carbocycles. The zero-order chi connectivity index (χ0) is 23.3. The van der Waals surface area contributed by atoms with E-state index in [0.29, 0.717) is 41.3 Å². The van der Waals surface area contributed by atoms with Crippen LogP contribution in [0.15, 0.2) is 40.8 Å². The Morgan fingerprint density at radius 2 is 2.03 bits per heavy atom. The number of benzene rings is 2. The summed E-state index contributed by atoms with van der Waals surface area (Å²) in [5.41, 5.74) is 1.12. The third kappa shape index (κ3) is 4.30. The van der Waals surface area contributed by atoms with E-state index in [2.05, 4.69) is 15.4 Å². The van der Waals surface area contributed by atoms with Crippen LogP contribution >= 0.6 is 12.4 Å². The van der Waals surface area contributed by atoms with Gasteiger partial charge in [0, 0.05) is 50.0 Å². The molecule has 5 rings (SSSR count). The quantitative estimate of drug-likeness (QED) is 0.320. The lowest BCUT2D eigenvalue weighted by atomic mass is 10.0. The van der Waals surface area contributed by atoms with Gasteiger partial charge in [-0.05, 0) is 23.8 Å². The van der Waals surface area contributed by atoms with Gasteiger partial charge in [0.1, 0.15) is 11.3 Å². The van der Waals surface area contributed by atoms with E-state index in [1.165, 1.54) is 22.9 Å². The Morgan fingerprint density at radius 3 is 2.79 bits per heavy atom. The molecule has 11 heteroatoms. The van der Waals surface area contributed by atoms with E-state index < -0.39 is 17.7 Å². The topological polar surface area (TPSA) is 73.0 Å². The van der Waals surface area contributed by atoms with Crippen molar-refractivity contribution in [3.8, 4) is 5.69 Å². The highest BCUT2D eigenvalue weighted by atomic mass is 35.5. The predicted molar refractivity (Wildman–Crippen MR) is 118 cm³/mol. The van der Waals surface area contributed by atoms with Gasteiger partial charge in [-0.3, -0.25) is 4.79 Å². The number of fused-ring (bicyclic) bond motifs is 2. The lowest BCUT2D eigenvalue weighted by Gasteiger charge is -2.16. The number of hydrogen-bond donors (Lipinski definition) is 1. The number of Topliss-reactive ketones (excluding diaryl/α,β-unsaturated/α-hetero) is 1. The van der Waals surface area contributed by atoms with Crippen molar-refractivity contribution >= 4 is 29.3 Å². The van der Waals surface area contributed by atoms with E-state index in [4.69, 9.17) is 4.42 Å². The van der Waals surface area contributed by atoms with E-state index in [9.17, 15) is 22.4 Å². The monoisotopic (exact) mass is 494 g/mol. The van der Waals surface area contributed by atoms with Gasteiger partial charge in [0.15, 0.2) is 23.0 Å². The Kier molecular flexibility index (Phi) is 6.22. The largest absolute Gasteiger partial charge is 0.441 e. The Balaban J connectivity index is 0.00000274. The summed E-state index contributed by atoms with van der Waals surface area (Å²) in [4.78, 5) is 17.0. The molecular formula is C23H19ClF4N4O2. The van der Waals surface area contributed by atoms with Crippen LogP contribution in [-0.2, 0) is 25.6 Å². The lowest BCUT2D eigenvalue weighted by molar-refractivity contribution is -0.142. The third-order valence-electron chi connectivity index (χ3n) is 5.63. The SMILES string of the molecule is Cc1nc2cc(F)c(CC(=O)c3cccc(-n4nc(C(F)(F)F)c5c4CCNC5)c3)cc2o1.Cl. The highest BCUT2D eigenvalue weighted by Gasteiger charge is 2.39. The minimum absolute atomic E-state index is 0. The van der Waals surface area contributed by atoms with Crippen LogP contribution < -0.4 is 5.32 Å². The van der Waals surface area contributed by atoms with Crippen molar-refractivity contribution in [2.75, 3.05) is 6.54 Å². The highest BCUT2D eigenvalue weighted by Crippen LogP contribution is 2.35. The molecule has 178 valence electrons. The van der Waals surface area contributed by atoms with Gasteiger partial charge in [-0.15, -0.1) is 12.4 Å². The number of nitrogens with one attached hydrogen (secondary N) is 1. The smallest absolute Gasteiger partial charge is 0.435 e. The molecule has 0 radical (unpaired) electrons. The molecule has 34 heavy (non-hydrogen) atoms. The Hall–Kier alpha value is -3.24. The van der Waals surface area contributed by atoms with Gasteiger partial charge in [0.2, 0.25) is 0 Å². The van der Waals surface area contributed by atoms with E-state index in [0.717, 1.165) is 0 Å². The Bertz CT molecular complexity index is 1390. The first-order valence-corrected chi connectivity index (χ1v) is 10.3.